The van der Waals surface area contributed by atoms with Crippen LogP contribution in [0.5, 0.6) is 0 Å². The monoisotopic (exact) mass is 232 g/mol. The lowest BCUT2D eigenvalue weighted by Crippen LogP contribution is -1.72. The first-order chi connectivity index (χ1) is 7.36. The summed E-state index contributed by atoms with van der Waals surface area (Å²) in [6.45, 7) is 2.24. The molecule has 0 amide bonds. The molecule has 0 N–H and O–H groups in total. The predicted molar refractivity (Wildman–Crippen MR) is 71.2 cm³/mol. The molecule has 0 atom stereocenters. The van der Waals surface area contributed by atoms with Crippen LogP contribution in [0.2, 0.25) is 0 Å². The molecule has 0 nitrogen and oxygen atoms in total. The molecule has 0 saturated heterocycles. The van der Waals surface area contributed by atoms with E-state index in [-0.39, 0.29) is 0 Å². The van der Waals surface area contributed by atoms with Crippen LogP contribution in [0.25, 0.3) is 20.2 Å². The second kappa shape index (κ2) is 3.62. The number of hydrogen-bond donors (Lipinski definition) is 0. The van der Waals surface area contributed by atoms with Crippen molar-refractivity contribution in [3.63, 3.8) is 0 Å². The van der Waals surface area contributed by atoms with Crippen molar-refractivity contribution >= 4 is 42.8 Å². The first kappa shape index (κ1) is 9.37. The summed E-state index contributed by atoms with van der Waals surface area (Å²) in [6, 6.07) is 9.20. The van der Waals surface area contributed by atoms with Gasteiger partial charge in [-0.2, -0.15) is 0 Å². The average Bonchev–Trinajstić information content (AvgIpc) is 2.78. The van der Waals surface area contributed by atoms with E-state index < -0.39 is 0 Å². The van der Waals surface area contributed by atoms with Gasteiger partial charge in [-0.25, -0.2) is 0 Å². The Labute approximate surface area is 97.2 Å². The SMILES string of the molecule is CCCc1cc2cc3ccsc3cc2s1. The van der Waals surface area contributed by atoms with Gasteiger partial charge in [-0.1, -0.05) is 13.3 Å². The molecule has 15 heavy (non-hydrogen) atoms. The fourth-order valence-corrected chi connectivity index (χ4v) is 4.00. The van der Waals surface area contributed by atoms with Gasteiger partial charge in [0.2, 0.25) is 0 Å². The molecule has 0 fully saturated rings. The van der Waals surface area contributed by atoms with Crippen LogP contribution in [0.1, 0.15) is 18.2 Å². The minimum absolute atomic E-state index is 1.22. The highest BCUT2D eigenvalue weighted by Gasteiger charge is 2.03. The maximum absolute atomic E-state index is 2.35. The fraction of sp³-hybridized carbons (Fsp3) is 0.231. The molecule has 2 heteroatoms. The summed E-state index contributed by atoms with van der Waals surface area (Å²) in [5.74, 6) is 0. The van der Waals surface area contributed by atoms with Crippen molar-refractivity contribution in [2.24, 2.45) is 0 Å². The Morgan fingerprint density at radius 2 is 2.00 bits per heavy atom. The average molecular weight is 232 g/mol. The zero-order valence-corrected chi connectivity index (χ0v) is 10.3. The standard InChI is InChI=1S/C13H12S2/c1-2-3-11-7-10-6-9-4-5-14-12(9)8-13(10)15-11/h4-8H,2-3H2,1H3. The van der Waals surface area contributed by atoms with E-state index in [9.17, 15) is 0 Å². The van der Waals surface area contributed by atoms with Crippen molar-refractivity contribution in [2.75, 3.05) is 0 Å². The smallest absolute Gasteiger partial charge is 0.0360 e. The number of fused-ring (bicyclic) bond motifs is 2. The summed E-state index contributed by atoms with van der Waals surface area (Å²) in [5.41, 5.74) is 0. The van der Waals surface area contributed by atoms with Gasteiger partial charge in [0, 0.05) is 14.3 Å². The Balaban J connectivity index is 2.24. The van der Waals surface area contributed by atoms with E-state index in [2.05, 4.69) is 36.6 Å². The van der Waals surface area contributed by atoms with Crippen LogP contribution in [0, 0.1) is 0 Å². The van der Waals surface area contributed by atoms with Crippen molar-refractivity contribution in [3.8, 4) is 0 Å². The molecular formula is C13H12S2. The van der Waals surface area contributed by atoms with Crippen LogP contribution >= 0.6 is 22.7 Å². The van der Waals surface area contributed by atoms with Gasteiger partial charge in [-0.15, -0.1) is 22.7 Å². The summed E-state index contributed by atoms with van der Waals surface area (Å²) in [6.07, 6.45) is 2.45. The van der Waals surface area contributed by atoms with Gasteiger partial charge >= 0.3 is 0 Å². The molecule has 0 radical (unpaired) electrons. The van der Waals surface area contributed by atoms with Gasteiger partial charge in [-0.05, 0) is 46.8 Å². The first-order valence-corrected chi connectivity index (χ1v) is 6.96. The number of rotatable bonds is 2. The van der Waals surface area contributed by atoms with Gasteiger partial charge in [0.15, 0.2) is 0 Å². The Bertz CT molecular complexity index is 553. The second-order valence-electron chi connectivity index (χ2n) is 3.81. The lowest BCUT2D eigenvalue weighted by atomic mass is 10.2. The lowest BCUT2D eigenvalue weighted by Gasteiger charge is -1.89. The maximum atomic E-state index is 2.35. The van der Waals surface area contributed by atoms with Crippen LogP contribution in [0.3, 0.4) is 0 Å². The molecule has 3 aromatic rings. The molecule has 0 unspecified atom stereocenters. The van der Waals surface area contributed by atoms with E-state index in [0.717, 1.165) is 0 Å². The molecule has 76 valence electrons. The third-order valence-corrected chi connectivity index (χ3v) is 4.68. The van der Waals surface area contributed by atoms with Crippen LogP contribution in [-0.2, 0) is 6.42 Å². The summed E-state index contributed by atoms with van der Waals surface area (Å²) < 4.78 is 2.85. The number of benzene rings is 1. The largest absolute Gasteiger partial charge is 0.144 e. The molecule has 0 aliphatic rings. The summed E-state index contributed by atoms with van der Waals surface area (Å²) >= 11 is 3.78. The second-order valence-corrected chi connectivity index (χ2v) is 5.93. The Kier molecular flexibility index (Phi) is 2.26. The third-order valence-electron chi connectivity index (χ3n) is 2.64. The topological polar surface area (TPSA) is 0 Å². The first-order valence-electron chi connectivity index (χ1n) is 5.26. The third kappa shape index (κ3) is 1.58. The van der Waals surface area contributed by atoms with E-state index in [1.807, 2.05) is 22.7 Å². The van der Waals surface area contributed by atoms with Crippen molar-refractivity contribution in [1.82, 2.24) is 0 Å². The minimum atomic E-state index is 1.22. The van der Waals surface area contributed by atoms with Crippen LogP contribution in [0.15, 0.2) is 29.6 Å². The van der Waals surface area contributed by atoms with E-state index >= 15 is 0 Å². The summed E-state index contributed by atoms with van der Waals surface area (Å²) in [4.78, 5) is 1.52. The van der Waals surface area contributed by atoms with Crippen LogP contribution in [-0.4, -0.2) is 0 Å². The fourth-order valence-electron chi connectivity index (χ4n) is 1.92. The maximum Gasteiger partial charge on any atom is 0.0360 e. The van der Waals surface area contributed by atoms with E-state index in [4.69, 9.17) is 0 Å². The summed E-state index contributed by atoms with van der Waals surface area (Å²) in [7, 11) is 0. The zero-order chi connectivity index (χ0) is 10.3. The van der Waals surface area contributed by atoms with Crippen molar-refractivity contribution in [2.45, 2.75) is 19.8 Å². The van der Waals surface area contributed by atoms with E-state index in [0.29, 0.717) is 0 Å². The van der Waals surface area contributed by atoms with Crippen LogP contribution < -0.4 is 0 Å². The minimum Gasteiger partial charge on any atom is -0.144 e. The van der Waals surface area contributed by atoms with Gasteiger partial charge in [-0.3, -0.25) is 0 Å². The molecule has 0 spiro atoms. The molecule has 0 aliphatic heterocycles. The van der Waals surface area contributed by atoms with Gasteiger partial charge < -0.3 is 0 Å². The zero-order valence-electron chi connectivity index (χ0n) is 8.62. The number of aryl methyl sites for hydroxylation is 1. The van der Waals surface area contributed by atoms with Crippen molar-refractivity contribution < 1.29 is 0 Å². The van der Waals surface area contributed by atoms with E-state index in [1.54, 1.807) is 0 Å². The molecule has 0 saturated carbocycles. The molecule has 0 aliphatic carbocycles. The van der Waals surface area contributed by atoms with Gasteiger partial charge in [0.05, 0.1) is 0 Å². The number of thiophene rings is 2. The summed E-state index contributed by atoms with van der Waals surface area (Å²) in [5, 5.41) is 4.96. The molecule has 3 rings (SSSR count). The van der Waals surface area contributed by atoms with E-state index in [1.165, 1.54) is 37.9 Å². The predicted octanol–water partition coefficient (Wildman–Crippen LogP) is 5.07. The highest BCUT2D eigenvalue weighted by atomic mass is 32.1. The molecule has 2 aromatic heterocycles. The molecule has 0 bridgehead atoms. The van der Waals surface area contributed by atoms with Gasteiger partial charge in [0.1, 0.15) is 0 Å². The Morgan fingerprint density at radius 3 is 2.87 bits per heavy atom. The Morgan fingerprint density at radius 1 is 1.07 bits per heavy atom. The van der Waals surface area contributed by atoms with Crippen LogP contribution in [0.4, 0.5) is 0 Å². The molecular weight excluding hydrogens is 220 g/mol. The van der Waals surface area contributed by atoms with Crippen molar-refractivity contribution in [1.29, 1.82) is 0 Å². The van der Waals surface area contributed by atoms with Gasteiger partial charge in [0.25, 0.3) is 0 Å². The normalized spacial score (nSPS) is 11.5. The Hall–Kier alpha value is -0.860. The quantitative estimate of drug-likeness (QED) is 0.578. The molecule has 1 aromatic carbocycles. The van der Waals surface area contributed by atoms with Crippen molar-refractivity contribution in [3.05, 3.63) is 34.5 Å². The highest BCUT2D eigenvalue weighted by molar-refractivity contribution is 7.20. The lowest BCUT2D eigenvalue weighted by molar-refractivity contribution is 0.941. The molecule has 2 heterocycles. The number of hydrogen-bond acceptors (Lipinski definition) is 2. The highest BCUT2D eigenvalue weighted by Crippen LogP contribution is 2.32.